The number of fused-ring (bicyclic) bond motifs is 3. The third-order valence-corrected chi connectivity index (χ3v) is 8.00. The van der Waals surface area contributed by atoms with Gasteiger partial charge in [0, 0.05) is 42.1 Å². The Balaban J connectivity index is 1.27. The van der Waals surface area contributed by atoms with E-state index in [2.05, 4.69) is 43.7 Å². The highest BCUT2D eigenvalue weighted by atomic mass is 16.2. The molecule has 180 valence electrons. The molecular weight excluding hydrogens is 438 g/mol. The molecule has 0 unspecified atom stereocenters. The minimum absolute atomic E-state index is 0.00227. The van der Waals surface area contributed by atoms with Crippen molar-refractivity contribution in [2.75, 3.05) is 11.9 Å². The number of likely N-dealkylation sites (tertiary alicyclic amines) is 1. The van der Waals surface area contributed by atoms with Gasteiger partial charge in [-0.15, -0.1) is 0 Å². The first-order valence-electron chi connectivity index (χ1n) is 12.7. The molecule has 0 spiro atoms. The Bertz CT molecular complexity index is 1200. The summed E-state index contributed by atoms with van der Waals surface area (Å²) in [6, 6.07) is 17.5. The normalized spacial score (nSPS) is 27.4. The molecule has 3 aromatic rings. The number of hydrogen-bond acceptors (Lipinski definition) is 4. The largest absolute Gasteiger partial charge is 0.375 e. The van der Waals surface area contributed by atoms with Crippen molar-refractivity contribution in [3.63, 3.8) is 0 Å². The van der Waals surface area contributed by atoms with Crippen LogP contribution in [0.5, 0.6) is 0 Å². The molecule has 0 bridgehead atoms. The first-order chi connectivity index (χ1) is 17.2. The standard InChI is InChI=1S/C28H31N5O2/c34-27(18-8-2-1-3-9-18)32-23-13-7-5-11-20(23)28(35)33-17-14-21-24(26-29-15-16-30-26)31-22-12-6-4-10-19(22)25(21)33/h1-4,6,8-10,12,15-16,20-21,23-25,31H,5,7,11,13-14,17H2,(H,29,30)(H,32,34)/t20-,21+,23+,24+,25-/m0/s1. The molecule has 2 amide bonds. The molecule has 2 fully saturated rings. The summed E-state index contributed by atoms with van der Waals surface area (Å²) in [6.45, 7) is 0.719. The van der Waals surface area contributed by atoms with E-state index in [1.54, 1.807) is 6.20 Å². The van der Waals surface area contributed by atoms with Gasteiger partial charge < -0.3 is 20.5 Å². The molecule has 1 saturated heterocycles. The molecule has 6 rings (SSSR count). The molecule has 1 aliphatic carbocycles. The Hall–Kier alpha value is -3.61. The maximum Gasteiger partial charge on any atom is 0.251 e. The van der Waals surface area contributed by atoms with Gasteiger partial charge in [-0.2, -0.15) is 0 Å². The lowest BCUT2D eigenvalue weighted by molar-refractivity contribution is -0.138. The number of imidazole rings is 1. The second-order valence-electron chi connectivity index (χ2n) is 9.95. The number of amides is 2. The van der Waals surface area contributed by atoms with Crippen LogP contribution < -0.4 is 10.6 Å². The molecule has 7 nitrogen and oxygen atoms in total. The average Bonchev–Trinajstić information content (AvgIpc) is 3.60. The van der Waals surface area contributed by atoms with Gasteiger partial charge in [-0.25, -0.2) is 4.98 Å². The maximum absolute atomic E-state index is 14.1. The summed E-state index contributed by atoms with van der Waals surface area (Å²) in [5.41, 5.74) is 2.87. The molecule has 1 aromatic heterocycles. The number of carbonyl (C=O) groups excluding carboxylic acids is 2. The predicted molar refractivity (Wildman–Crippen MR) is 134 cm³/mol. The number of hydrogen-bond donors (Lipinski definition) is 3. The fourth-order valence-electron chi connectivity index (χ4n) is 6.34. The van der Waals surface area contributed by atoms with Crippen molar-refractivity contribution in [3.8, 4) is 0 Å². The Kier molecular flexibility index (Phi) is 5.76. The molecule has 7 heteroatoms. The summed E-state index contributed by atoms with van der Waals surface area (Å²) in [4.78, 5) is 36.9. The van der Waals surface area contributed by atoms with Crippen molar-refractivity contribution >= 4 is 17.5 Å². The van der Waals surface area contributed by atoms with Crippen LogP contribution in [0.3, 0.4) is 0 Å². The molecule has 5 atom stereocenters. The van der Waals surface area contributed by atoms with Crippen molar-refractivity contribution in [1.82, 2.24) is 20.2 Å². The highest BCUT2D eigenvalue weighted by Crippen LogP contribution is 2.51. The third-order valence-electron chi connectivity index (χ3n) is 8.00. The molecule has 2 aliphatic heterocycles. The van der Waals surface area contributed by atoms with Gasteiger partial charge in [-0.1, -0.05) is 49.2 Å². The van der Waals surface area contributed by atoms with Gasteiger partial charge in [-0.3, -0.25) is 9.59 Å². The molecule has 2 aromatic carbocycles. The van der Waals surface area contributed by atoms with Gasteiger partial charge in [0.05, 0.1) is 18.0 Å². The fraction of sp³-hybridized carbons (Fsp3) is 0.393. The summed E-state index contributed by atoms with van der Waals surface area (Å²) in [5.74, 6) is 1.03. The zero-order valence-electron chi connectivity index (χ0n) is 19.7. The van der Waals surface area contributed by atoms with E-state index in [9.17, 15) is 9.59 Å². The number of benzene rings is 2. The third kappa shape index (κ3) is 3.99. The predicted octanol–water partition coefficient (Wildman–Crippen LogP) is 4.45. The summed E-state index contributed by atoms with van der Waals surface area (Å²) < 4.78 is 0. The van der Waals surface area contributed by atoms with Gasteiger partial charge in [0.2, 0.25) is 5.91 Å². The molecule has 1 saturated carbocycles. The van der Waals surface area contributed by atoms with Crippen molar-refractivity contribution in [1.29, 1.82) is 0 Å². The van der Waals surface area contributed by atoms with Crippen LogP contribution in [0.1, 0.15) is 65.9 Å². The van der Waals surface area contributed by atoms with E-state index in [1.807, 2.05) is 42.6 Å². The zero-order chi connectivity index (χ0) is 23.8. The van der Waals surface area contributed by atoms with Gasteiger partial charge in [0.15, 0.2) is 0 Å². The Morgan fingerprint density at radius 1 is 0.971 bits per heavy atom. The van der Waals surface area contributed by atoms with Gasteiger partial charge >= 0.3 is 0 Å². The van der Waals surface area contributed by atoms with E-state index in [-0.39, 0.29) is 41.8 Å². The number of carbonyl (C=O) groups is 2. The summed E-state index contributed by atoms with van der Waals surface area (Å²) in [5, 5.41) is 6.87. The van der Waals surface area contributed by atoms with E-state index in [4.69, 9.17) is 0 Å². The van der Waals surface area contributed by atoms with E-state index in [0.717, 1.165) is 50.2 Å². The lowest BCUT2D eigenvalue weighted by Gasteiger charge is -2.41. The summed E-state index contributed by atoms with van der Waals surface area (Å²) in [6.07, 6.45) is 8.25. The van der Waals surface area contributed by atoms with Crippen LogP contribution in [0.25, 0.3) is 0 Å². The number of H-pyrrole nitrogens is 1. The van der Waals surface area contributed by atoms with Crippen LogP contribution in [0.15, 0.2) is 67.0 Å². The minimum Gasteiger partial charge on any atom is -0.375 e. The average molecular weight is 470 g/mol. The number of rotatable bonds is 4. The molecule has 0 radical (unpaired) electrons. The van der Waals surface area contributed by atoms with Crippen LogP contribution in [-0.2, 0) is 4.79 Å². The lowest BCUT2D eigenvalue weighted by atomic mass is 9.80. The van der Waals surface area contributed by atoms with E-state index in [1.165, 1.54) is 5.56 Å². The molecular formula is C28H31N5O2. The van der Waals surface area contributed by atoms with Crippen LogP contribution in [0.2, 0.25) is 0 Å². The van der Waals surface area contributed by atoms with Crippen LogP contribution in [0, 0.1) is 11.8 Å². The topological polar surface area (TPSA) is 90.1 Å². The van der Waals surface area contributed by atoms with Crippen molar-refractivity contribution in [3.05, 3.63) is 83.9 Å². The molecule has 3 heterocycles. The molecule has 3 aliphatic rings. The maximum atomic E-state index is 14.1. The first kappa shape index (κ1) is 21.9. The highest BCUT2D eigenvalue weighted by molar-refractivity contribution is 5.94. The Morgan fingerprint density at radius 2 is 1.77 bits per heavy atom. The number of anilines is 1. The quantitative estimate of drug-likeness (QED) is 0.526. The van der Waals surface area contributed by atoms with Gasteiger partial charge in [0.25, 0.3) is 5.91 Å². The highest BCUT2D eigenvalue weighted by Gasteiger charge is 2.49. The monoisotopic (exact) mass is 469 g/mol. The number of nitrogens with zero attached hydrogens (tertiary/aromatic N) is 2. The van der Waals surface area contributed by atoms with Gasteiger partial charge in [-0.05, 0) is 43.0 Å². The number of para-hydroxylation sites is 1. The van der Waals surface area contributed by atoms with Crippen molar-refractivity contribution in [2.24, 2.45) is 11.8 Å². The van der Waals surface area contributed by atoms with Crippen molar-refractivity contribution < 1.29 is 9.59 Å². The molecule has 3 N–H and O–H groups in total. The second kappa shape index (κ2) is 9.21. The summed E-state index contributed by atoms with van der Waals surface area (Å²) >= 11 is 0. The smallest absolute Gasteiger partial charge is 0.251 e. The minimum atomic E-state index is -0.195. The SMILES string of the molecule is O=C(N[C@@H]1CCCC[C@@H]1C(=O)N1CC[C@@H]2[C@H](c3ncc[nH]3)Nc3ccccc3[C@@H]21)c1ccccc1. The first-order valence-corrected chi connectivity index (χ1v) is 12.7. The number of aromatic amines is 1. The van der Waals surface area contributed by atoms with Crippen molar-refractivity contribution in [2.45, 2.75) is 50.2 Å². The van der Waals surface area contributed by atoms with Crippen LogP contribution in [0.4, 0.5) is 5.69 Å². The van der Waals surface area contributed by atoms with Crippen LogP contribution in [-0.4, -0.2) is 39.3 Å². The summed E-state index contributed by atoms with van der Waals surface area (Å²) in [7, 11) is 0. The Morgan fingerprint density at radius 3 is 2.60 bits per heavy atom. The zero-order valence-corrected chi connectivity index (χ0v) is 19.7. The fourth-order valence-corrected chi connectivity index (χ4v) is 6.34. The molecule has 35 heavy (non-hydrogen) atoms. The van der Waals surface area contributed by atoms with E-state index >= 15 is 0 Å². The number of aromatic nitrogens is 2. The number of nitrogens with one attached hydrogen (secondary N) is 3. The van der Waals surface area contributed by atoms with Gasteiger partial charge in [0.1, 0.15) is 5.82 Å². The van der Waals surface area contributed by atoms with E-state index < -0.39 is 0 Å². The lowest BCUT2D eigenvalue weighted by Crippen LogP contribution is -2.50. The Labute approximate surface area is 205 Å². The van der Waals surface area contributed by atoms with E-state index in [0.29, 0.717) is 5.56 Å². The van der Waals surface area contributed by atoms with Crippen LogP contribution >= 0.6 is 0 Å². The second-order valence-corrected chi connectivity index (χ2v) is 9.95.